The summed E-state index contributed by atoms with van der Waals surface area (Å²) in [6.07, 6.45) is 3.92. The first kappa shape index (κ1) is 21.3. The van der Waals surface area contributed by atoms with Crippen LogP contribution in [0, 0.1) is 5.82 Å². The topological polar surface area (TPSA) is 95.0 Å². The Bertz CT molecular complexity index is 1290. The third-order valence-corrected chi connectivity index (χ3v) is 6.02. The summed E-state index contributed by atoms with van der Waals surface area (Å²) < 4.78 is 21.4. The molecule has 9 heteroatoms. The third kappa shape index (κ3) is 4.23. The smallest absolute Gasteiger partial charge is 0.320 e. The van der Waals surface area contributed by atoms with E-state index in [0.717, 1.165) is 24.8 Å². The van der Waals surface area contributed by atoms with E-state index in [0.29, 0.717) is 41.6 Å². The van der Waals surface area contributed by atoms with Crippen molar-refractivity contribution < 1.29 is 9.13 Å². The molecule has 2 N–H and O–H groups in total. The van der Waals surface area contributed by atoms with E-state index in [2.05, 4.69) is 56.1 Å². The maximum Gasteiger partial charge on any atom is 0.320 e. The summed E-state index contributed by atoms with van der Waals surface area (Å²) in [5.41, 5.74) is 10.1. The van der Waals surface area contributed by atoms with Crippen molar-refractivity contribution in [1.82, 2.24) is 29.4 Å². The Morgan fingerprint density at radius 3 is 2.67 bits per heavy atom. The van der Waals surface area contributed by atoms with Crippen LogP contribution in [0.5, 0.6) is 6.01 Å². The van der Waals surface area contributed by atoms with Crippen LogP contribution >= 0.6 is 0 Å². The number of likely N-dealkylation sites (tertiary alicyclic amines) is 1. The highest BCUT2D eigenvalue weighted by atomic mass is 19.1. The van der Waals surface area contributed by atoms with E-state index >= 15 is 0 Å². The molecule has 33 heavy (non-hydrogen) atoms. The van der Waals surface area contributed by atoms with Gasteiger partial charge in [-0.2, -0.15) is 9.97 Å². The number of hydrogen-bond donors (Lipinski definition) is 1. The Balaban J connectivity index is 1.57. The van der Waals surface area contributed by atoms with Crippen LogP contribution in [0.25, 0.3) is 22.6 Å². The van der Waals surface area contributed by atoms with E-state index in [-0.39, 0.29) is 11.8 Å². The fourth-order valence-corrected chi connectivity index (χ4v) is 4.38. The molecule has 8 nitrogen and oxygen atoms in total. The molecule has 0 bridgehead atoms. The van der Waals surface area contributed by atoms with Crippen LogP contribution in [0.3, 0.4) is 0 Å². The molecule has 4 aromatic rings. The first-order chi connectivity index (χ1) is 16.0. The highest BCUT2D eigenvalue weighted by Crippen LogP contribution is 2.30. The van der Waals surface area contributed by atoms with Gasteiger partial charge in [-0.25, -0.2) is 9.37 Å². The number of nitrogens with zero attached hydrogens (tertiary/aromatic N) is 6. The van der Waals surface area contributed by atoms with Crippen LogP contribution in [0.15, 0.2) is 42.7 Å². The van der Waals surface area contributed by atoms with Crippen LogP contribution in [0.1, 0.15) is 30.4 Å². The molecule has 170 valence electrons. The number of benzene rings is 1. The first-order valence-electron chi connectivity index (χ1n) is 11.1. The molecule has 3 aromatic heterocycles. The maximum absolute atomic E-state index is 14.0. The number of ether oxygens (including phenoxy) is 1. The van der Waals surface area contributed by atoms with E-state index in [1.54, 1.807) is 6.20 Å². The normalized spacial score (nSPS) is 16.5. The molecule has 4 heterocycles. The lowest BCUT2D eigenvalue weighted by Crippen LogP contribution is -2.13. The molecule has 0 spiro atoms. The van der Waals surface area contributed by atoms with Crippen molar-refractivity contribution in [1.29, 1.82) is 0 Å². The third-order valence-electron chi connectivity index (χ3n) is 6.02. The van der Waals surface area contributed by atoms with E-state index in [1.807, 2.05) is 11.5 Å². The summed E-state index contributed by atoms with van der Waals surface area (Å²) >= 11 is 0. The Hall–Kier alpha value is -3.59. The number of likely N-dealkylation sites (N-methyl/N-ethyl adjacent to an activating group) is 1. The average molecular weight is 448 g/mol. The van der Waals surface area contributed by atoms with Crippen molar-refractivity contribution in [2.24, 2.45) is 0 Å². The Morgan fingerprint density at radius 2 is 1.97 bits per heavy atom. The van der Waals surface area contributed by atoms with Gasteiger partial charge in [0, 0.05) is 18.3 Å². The predicted molar refractivity (Wildman–Crippen MR) is 124 cm³/mol. The van der Waals surface area contributed by atoms with E-state index in [4.69, 9.17) is 10.5 Å². The molecule has 1 saturated heterocycles. The highest BCUT2D eigenvalue weighted by molar-refractivity contribution is 5.85. The van der Waals surface area contributed by atoms with Gasteiger partial charge in [0.2, 0.25) is 0 Å². The number of nitrogen functional groups attached to an aromatic ring is 1. The van der Waals surface area contributed by atoms with Gasteiger partial charge in [-0.05, 0) is 50.0 Å². The molecule has 1 aromatic carbocycles. The molecular weight excluding hydrogens is 421 g/mol. The fraction of sp³-hybridized carbons (Fsp3) is 0.333. The monoisotopic (exact) mass is 447 g/mol. The number of hydrogen-bond acceptors (Lipinski definition) is 7. The Labute approximate surface area is 191 Å². The van der Waals surface area contributed by atoms with E-state index in [1.165, 1.54) is 18.1 Å². The van der Waals surface area contributed by atoms with Gasteiger partial charge >= 0.3 is 6.01 Å². The van der Waals surface area contributed by atoms with E-state index < -0.39 is 5.82 Å². The molecule has 5 rings (SSSR count). The van der Waals surface area contributed by atoms with Crippen LogP contribution in [0.4, 0.5) is 10.2 Å². The minimum atomic E-state index is -0.439. The van der Waals surface area contributed by atoms with Gasteiger partial charge in [-0.3, -0.25) is 4.98 Å². The Kier molecular flexibility index (Phi) is 5.63. The van der Waals surface area contributed by atoms with Crippen molar-refractivity contribution in [2.75, 3.05) is 32.5 Å². The zero-order chi connectivity index (χ0) is 22.9. The molecule has 0 radical (unpaired) electrons. The molecule has 1 unspecified atom stereocenters. The van der Waals surface area contributed by atoms with Crippen LogP contribution in [0.2, 0.25) is 0 Å². The van der Waals surface area contributed by atoms with Gasteiger partial charge in [-0.15, -0.1) is 0 Å². The molecule has 0 aliphatic carbocycles. The first-order valence-corrected chi connectivity index (χ1v) is 11.1. The van der Waals surface area contributed by atoms with Gasteiger partial charge in [-0.1, -0.05) is 24.3 Å². The summed E-state index contributed by atoms with van der Waals surface area (Å²) in [4.78, 5) is 19.7. The van der Waals surface area contributed by atoms with Crippen molar-refractivity contribution in [2.45, 2.75) is 25.8 Å². The van der Waals surface area contributed by atoms with Crippen molar-refractivity contribution in [3.05, 3.63) is 59.7 Å². The number of imidazole rings is 1. The standard InChI is InChI=1S/C24H26FN7O/c1-3-33-24-29-21(26)20-23(30-24)32(22(28-20)18-10-19(25)12-27-11-18)13-15-4-6-16(7-5-15)17-8-9-31(2)14-17/h4-7,10-12,17H,3,8-9,13-14H2,1-2H3,(H2,26,29,30). The molecule has 1 fully saturated rings. The summed E-state index contributed by atoms with van der Waals surface area (Å²) in [5.74, 6) is 0.862. The molecule has 1 aliphatic rings. The van der Waals surface area contributed by atoms with E-state index in [9.17, 15) is 4.39 Å². The van der Waals surface area contributed by atoms with Crippen molar-refractivity contribution in [3.63, 3.8) is 0 Å². The van der Waals surface area contributed by atoms with Gasteiger partial charge in [0.15, 0.2) is 17.0 Å². The number of pyridine rings is 1. The second kappa shape index (κ2) is 8.74. The summed E-state index contributed by atoms with van der Waals surface area (Å²) in [6.45, 7) is 4.96. The summed E-state index contributed by atoms with van der Waals surface area (Å²) in [6, 6.07) is 10.2. The predicted octanol–water partition coefficient (Wildman–Crippen LogP) is 3.48. The van der Waals surface area contributed by atoms with Crippen molar-refractivity contribution in [3.8, 4) is 17.4 Å². The second-order valence-electron chi connectivity index (χ2n) is 8.40. The zero-order valence-corrected chi connectivity index (χ0v) is 18.7. The van der Waals surface area contributed by atoms with Crippen molar-refractivity contribution >= 4 is 17.0 Å². The summed E-state index contributed by atoms with van der Waals surface area (Å²) in [5, 5.41) is 0. The summed E-state index contributed by atoms with van der Waals surface area (Å²) in [7, 11) is 2.16. The highest BCUT2D eigenvalue weighted by Gasteiger charge is 2.22. The van der Waals surface area contributed by atoms with Gasteiger partial charge in [0.25, 0.3) is 0 Å². The molecule has 0 amide bonds. The van der Waals surface area contributed by atoms with Gasteiger partial charge in [0.05, 0.1) is 19.3 Å². The van der Waals surface area contributed by atoms with Gasteiger partial charge in [0.1, 0.15) is 11.6 Å². The maximum atomic E-state index is 14.0. The SMILES string of the molecule is CCOc1nc(N)c2nc(-c3cncc(F)c3)n(Cc3ccc(C4CCN(C)C4)cc3)c2n1. The largest absolute Gasteiger partial charge is 0.464 e. The minimum Gasteiger partial charge on any atom is -0.464 e. The quantitative estimate of drug-likeness (QED) is 0.484. The fourth-order valence-electron chi connectivity index (χ4n) is 4.38. The molecule has 0 saturated carbocycles. The number of halogens is 1. The minimum absolute atomic E-state index is 0.188. The van der Waals surface area contributed by atoms with Crippen LogP contribution < -0.4 is 10.5 Å². The van der Waals surface area contributed by atoms with Gasteiger partial charge < -0.3 is 19.9 Å². The van der Waals surface area contributed by atoms with Crippen LogP contribution in [-0.4, -0.2) is 56.1 Å². The average Bonchev–Trinajstić information content (AvgIpc) is 3.39. The number of anilines is 1. The number of nitrogens with two attached hydrogens (primary N) is 1. The zero-order valence-electron chi connectivity index (χ0n) is 18.7. The van der Waals surface area contributed by atoms with Crippen LogP contribution in [-0.2, 0) is 6.54 Å². The molecular formula is C24H26FN7O. The lowest BCUT2D eigenvalue weighted by molar-refractivity contribution is 0.314. The Morgan fingerprint density at radius 1 is 1.15 bits per heavy atom. The number of rotatable bonds is 6. The number of aromatic nitrogens is 5. The number of fused-ring (bicyclic) bond motifs is 1. The lowest BCUT2D eigenvalue weighted by atomic mass is 9.97. The molecule has 1 atom stereocenters. The second-order valence-corrected chi connectivity index (χ2v) is 8.40. The molecule has 1 aliphatic heterocycles. The lowest BCUT2D eigenvalue weighted by Gasteiger charge is -2.13.